The maximum Gasteiger partial charge on any atom is 0.266 e. The fraction of sp³-hybridized carbons (Fsp3) is 0.231. The van der Waals surface area contributed by atoms with E-state index in [9.17, 15) is 14.9 Å². The zero-order valence-corrected chi connectivity index (χ0v) is 19.6. The number of carbonyl (C=O) groups excluding carboxylic acids is 1. The highest BCUT2D eigenvalue weighted by Crippen LogP contribution is 2.32. The van der Waals surface area contributed by atoms with Crippen LogP contribution in [-0.4, -0.2) is 15.9 Å². The Morgan fingerprint density at radius 3 is 2.58 bits per heavy atom. The van der Waals surface area contributed by atoms with Crippen LogP contribution in [0.5, 0.6) is 0 Å². The van der Waals surface area contributed by atoms with Crippen LogP contribution in [0.1, 0.15) is 39.9 Å². The maximum atomic E-state index is 13.5. The fourth-order valence-electron chi connectivity index (χ4n) is 4.01. The molecule has 0 aliphatic carbocycles. The summed E-state index contributed by atoms with van der Waals surface area (Å²) < 4.78 is 1.04. The second-order valence-electron chi connectivity index (χ2n) is 8.05. The lowest BCUT2D eigenvalue weighted by Gasteiger charge is -2.21. The van der Waals surface area contributed by atoms with Crippen molar-refractivity contribution in [3.05, 3.63) is 92.4 Å². The van der Waals surface area contributed by atoms with Crippen LogP contribution in [0.15, 0.2) is 53.3 Å². The Balaban J connectivity index is 1.66. The molecular formula is C26H24N4O2S. The molecule has 1 amide bonds. The summed E-state index contributed by atoms with van der Waals surface area (Å²) in [6, 6.07) is 17.9. The van der Waals surface area contributed by atoms with Crippen LogP contribution in [0.25, 0.3) is 10.2 Å². The minimum absolute atomic E-state index is 0.0564. The number of aryl methyl sites for hydroxylation is 2. The van der Waals surface area contributed by atoms with Crippen LogP contribution in [0.2, 0.25) is 0 Å². The highest BCUT2D eigenvalue weighted by atomic mass is 32.1. The van der Waals surface area contributed by atoms with Crippen molar-refractivity contribution in [2.24, 2.45) is 0 Å². The van der Waals surface area contributed by atoms with Gasteiger partial charge in [0.15, 0.2) is 5.13 Å². The predicted octanol–water partition coefficient (Wildman–Crippen LogP) is 4.95. The van der Waals surface area contributed by atoms with Gasteiger partial charge in [-0.2, -0.15) is 5.26 Å². The van der Waals surface area contributed by atoms with E-state index in [-0.39, 0.29) is 17.9 Å². The third-order valence-corrected chi connectivity index (χ3v) is 6.88. The van der Waals surface area contributed by atoms with Crippen molar-refractivity contribution in [3.63, 3.8) is 0 Å². The molecule has 33 heavy (non-hydrogen) atoms. The molecule has 6 nitrogen and oxygen atoms in total. The van der Waals surface area contributed by atoms with Gasteiger partial charge in [-0.15, -0.1) is 0 Å². The minimum Gasteiger partial charge on any atom is -0.325 e. The lowest BCUT2D eigenvalue weighted by molar-refractivity contribution is -0.118. The van der Waals surface area contributed by atoms with E-state index in [1.54, 1.807) is 18.7 Å². The smallest absolute Gasteiger partial charge is 0.266 e. The molecule has 1 N–H and O–H groups in total. The number of nitrogens with zero attached hydrogens (tertiary/aromatic N) is 3. The Bertz CT molecular complexity index is 1430. The van der Waals surface area contributed by atoms with Gasteiger partial charge in [0.2, 0.25) is 5.91 Å². The highest BCUT2D eigenvalue weighted by molar-refractivity contribution is 7.22. The van der Waals surface area contributed by atoms with Crippen molar-refractivity contribution in [2.45, 2.75) is 40.2 Å². The summed E-state index contributed by atoms with van der Waals surface area (Å²) in [5.41, 5.74) is 4.87. The number of anilines is 1. The summed E-state index contributed by atoms with van der Waals surface area (Å²) in [6.45, 7) is 6.00. The van der Waals surface area contributed by atoms with Gasteiger partial charge in [0, 0.05) is 12.1 Å². The number of nitrogens with one attached hydrogen (secondary N) is 1. The average Bonchev–Trinajstić information content (AvgIpc) is 3.23. The van der Waals surface area contributed by atoms with E-state index in [2.05, 4.69) is 4.98 Å². The van der Waals surface area contributed by atoms with E-state index in [4.69, 9.17) is 4.98 Å². The highest BCUT2D eigenvalue weighted by Gasteiger charge is 2.22. The maximum absolute atomic E-state index is 13.5. The largest absolute Gasteiger partial charge is 0.325 e. The van der Waals surface area contributed by atoms with Crippen molar-refractivity contribution >= 4 is 32.6 Å². The molecule has 4 rings (SSSR count). The van der Waals surface area contributed by atoms with Gasteiger partial charge in [-0.1, -0.05) is 53.8 Å². The van der Waals surface area contributed by atoms with Gasteiger partial charge in [0.25, 0.3) is 5.56 Å². The number of thiazole rings is 1. The number of amides is 1. The minimum atomic E-state index is -0.391. The molecule has 2 aromatic carbocycles. The number of pyridine rings is 1. The van der Waals surface area contributed by atoms with Crippen LogP contribution >= 0.6 is 11.3 Å². The number of aromatic amines is 1. The summed E-state index contributed by atoms with van der Waals surface area (Å²) in [7, 11) is 0. The molecule has 0 atom stereocenters. The predicted molar refractivity (Wildman–Crippen MR) is 132 cm³/mol. The van der Waals surface area contributed by atoms with Gasteiger partial charge in [0.05, 0.1) is 16.8 Å². The first-order valence-electron chi connectivity index (χ1n) is 10.7. The lowest BCUT2D eigenvalue weighted by Crippen LogP contribution is -2.30. The molecule has 4 aromatic rings. The number of nitriles is 1. The molecule has 0 aliphatic heterocycles. The van der Waals surface area contributed by atoms with Gasteiger partial charge in [-0.05, 0) is 55.5 Å². The zero-order valence-electron chi connectivity index (χ0n) is 18.8. The molecule has 0 fully saturated rings. The molecule has 0 radical (unpaired) electrons. The van der Waals surface area contributed by atoms with Crippen LogP contribution in [0.4, 0.5) is 5.13 Å². The number of carbonyl (C=O) groups is 1. The van der Waals surface area contributed by atoms with Crippen LogP contribution < -0.4 is 10.5 Å². The van der Waals surface area contributed by atoms with Crippen molar-refractivity contribution in [3.8, 4) is 6.07 Å². The number of para-hydroxylation sites is 1. The summed E-state index contributed by atoms with van der Waals surface area (Å²) in [4.78, 5) is 34.8. The number of benzene rings is 2. The van der Waals surface area contributed by atoms with Gasteiger partial charge in [-0.3, -0.25) is 14.5 Å². The van der Waals surface area contributed by atoms with Gasteiger partial charge >= 0.3 is 0 Å². The van der Waals surface area contributed by atoms with E-state index in [0.717, 1.165) is 26.9 Å². The first kappa shape index (κ1) is 22.4. The Morgan fingerprint density at radius 1 is 1.12 bits per heavy atom. The number of aromatic nitrogens is 2. The van der Waals surface area contributed by atoms with E-state index >= 15 is 0 Å². The Morgan fingerprint density at radius 2 is 1.88 bits per heavy atom. The normalized spacial score (nSPS) is 10.8. The molecule has 0 saturated carbocycles. The average molecular weight is 457 g/mol. The van der Waals surface area contributed by atoms with E-state index < -0.39 is 5.56 Å². The summed E-state index contributed by atoms with van der Waals surface area (Å²) >= 11 is 1.51. The van der Waals surface area contributed by atoms with Crippen LogP contribution in [0, 0.1) is 32.1 Å². The number of fused-ring (bicyclic) bond motifs is 1. The Kier molecular flexibility index (Phi) is 6.38. The lowest BCUT2D eigenvalue weighted by atomic mass is 9.99. The first-order chi connectivity index (χ1) is 15.9. The van der Waals surface area contributed by atoms with Crippen molar-refractivity contribution < 1.29 is 4.79 Å². The molecule has 2 heterocycles. The number of rotatable bonds is 6. The Hall–Kier alpha value is -3.76. The summed E-state index contributed by atoms with van der Waals surface area (Å²) in [5.74, 6) is -0.0564. The second-order valence-corrected chi connectivity index (χ2v) is 9.06. The monoisotopic (exact) mass is 456 g/mol. The number of hydrogen-bond acceptors (Lipinski definition) is 5. The van der Waals surface area contributed by atoms with Gasteiger partial charge in [-0.25, -0.2) is 4.98 Å². The molecule has 166 valence electrons. The standard InChI is InChI=1S/C26H24N4O2S/c1-16-8-7-11-22-24(16)29-26(33-22)30(15-19-9-5-4-6-10-19)23(31)13-12-20-17(2)21(14-27)25(32)28-18(20)3/h4-11H,12-13,15H2,1-3H3,(H,28,32). The molecule has 0 bridgehead atoms. The van der Waals surface area contributed by atoms with E-state index in [0.29, 0.717) is 29.4 Å². The topological polar surface area (TPSA) is 89.8 Å². The van der Waals surface area contributed by atoms with Crippen molar-refractivity contribution in [1.82, 2.24) is 9.97 Å². The van der Waals surface area contributed by atoms with Gasteiger partial charge in [0.1, 0.15) is 11.6 Å². The first-order valence-corrected chi connectivity index (χ1v) is 11.5. The fourth-order valence-corrected chi connectivity index (χ4v) is 5.07. The summed E-state index contributed by atoms with van der Waals surface area (Å²) in [5, 5.41) is 10.00. The molecule has 0 aliphatic rings. The molecule has 2 aromatic heterocycles. The molecule has 0 spiro atoms. The van der Waals surface area contributed by atoms with Gasteiger partial charge < -0.3 is 4.98 Å². The van der Waals surface area contributed by atoms with E-state index in [1.807, 2.05) is 61.5 Å². The third-order valence-electron chi connectivity index (χ3n) is 5.83. The quantitative estimate of drug-likeness (QED) is 0.445. The summed E-state index contributed by atoms with van der Waals surface area (Å²) in [6.07, 6.45) is 0.664. The van der Waals surface area contributed by atoms with Crippen LogP contribution in [0.3, 0.4) is 0 Å². The second kappa shape index (κ2) is 9.39. The zero-order chi connectivity index (χ0) is 23.5. The van der Waals surface area contributed by atoms with Crippen molar-refractivity contribution in [2.75, 3.05) is 4.90 Å². The van der Waals surface area contributed by atoms with E-state index in [1.165, 1.54) is 11.3 Å². The number of hydrogen-bond donors (Lipinski definition) is 1. The molecular weight excluding hydrogens is 432 g/mol. The molecule has 0 unspecified atom stereocenters. The molecule has 7 heteroatoms. The molecule has 0 saturated heterocycles. The SMILES string of the molecule is Cc1[nH]c(=O)c(C#N)c(C)c1CCC(=O)N(Cc1ccccc1)c1nc2c(C)cccc2s1. The Labute approximate surface area is 196 Å². The third kappa shape index (κ3) is 4.57. The number of H-pyrrole nitrogens is 1. The van der Waals surface area contributed by atoms with Crippen molar-refractivity contribution in [1.29, 1.82) is 5.26 Å². The van der Waals surface area contributed by atoms with Crippen LogP contribution in [-0.2, 0) is 17.8 Å².